The Labute approximate surface area is 89.5 Å². The van der Waals surface area contributed by atoms with Gasteiger partial charge in [-0.05, 0) is 0 Å². The molecule has 5 unspecified atom stereocenters. The summed E-state index contributed by atoms with van der Waals surface area (Å²) in [6, 6.07) is -0.995. The van der Waals surface area contributed by atoms with Crippen LogP contribution >= 0.6 is 7.60 Å². The van der Waals surface area contributed by atoms with Gasteiger partial charge in [-0.25, -0.2) is 0 Å². The Morgan fingerprint density at radius 2 is 2.13 bits per heavy atom. The monoisotopic (exact) mass is 236 g/mol. The van der Waals surface area contributed by atoms with Gasteiger partial charge in [0.15, 0.2) is 0 Å². The molecule has 0 saturated carbocycles. The van der Waals surface area contributed by atoms with Crippen molar-refractivity contribution in [2.45, 2.75) is 23.9 Å². The van der Waals surface area contributed by atoms with Crippen molar-refractivity contribution >= 4 is 15.4 Å². The Bertz CT molecular complexity index is 262. The molecule has 0 bridgehead atoms. The molecule has 15 heavy (non-hydrogen) atoms. The minimum Gasteiger partial charge on any atom is -0.390 e. The fraction of sp³-hybridized carbons (Fsp3) is 1.00. The molecule has 8 heteroatoms. The molecule has 2 N–H and O–H groups in total. The van der Waals surface area contributed by atoms with Crippen molar-refractivity contribution in [3.8, 4) is 0 Å². The third-order valence-electron chi connectivity index (χ3n) is 2.37. The molecule has 0 aromatic heterocycles. The van der Waals surface area contributed by atoms with Gasteiger partial charge in [-0.3, -0.25) is 4.57 Å². The van der Waals surface area contributed by atoms with E-state index in [1.54, 1.807) is 0 Å². The Morgan fingerprint density at radius 3 is 2.60 bits per heavy atom. The van der Waals surface area contributed by atoms with Gasteiger partial charge in [0, 0.05) is 20.2 Å². The van der Waals surface area contributed by atoms with Crippen molar-refractivity contribution in [1.82, 2.24) is 0 Å². The van der Waals surface area contributed by atoms with E-state index < -0.39 is 31.5 Å². The average molecular weight is 236 g/mol. The molecule has 1 saturated heterocycles. The second-order valence-electron chi connectivity index (χ2n) is 3.32. The summed E-state index contributed by atoms with van der Waals surface area (Å²) in [5, 5.41) is 9.60. The Hall–Kier alpha value is 0.0949. The molecule has 1 fully saturated rings. The van der Waals surface area contributed by atoms with Crippen molar-refractivity contribution in [3.05, 3.63) is 0 Å². The van der Waals surface area contributed by atoms with E-state index in [4.69, 9.17) is 17.3 Å². The first-order valence-corrected chi connectivity index (χ1v) is 6.05. The highest BCUT2D eigenvalue weighted by Gasteiger charge is 2.51. The lowest BCUT2D eigenvalue weighted by Gasteiger charge is -2.23. The van der Waals surface area contributed by atoms with Crippen LogP contribution in [0.15, 0.2) is 0 Å². The van der Waals surface area contributed by atoms with Gasteiger partial charge in [-0.2, -0.15) is 0 Å². The van der Waals surface area contributed by atoms with E-state index in [9.17, 15) is 14.6 Å². The molecule has 2 radical (unpaired) electrons. The Kier molecular flexibility index (Phi) is 4.34. The number of rotatable bonds is 4. The van der Waals surface area contributed by atoms with Crippen LogP contribution in [0.25, 0.3) is 0 Å². The molecule has 0 amide bonds. The molecule has 0 aromatic carbocycles. The Balaban J connectivity index is 2.86. The second kappa shape index (κ2) is 4.95. The van der Waals surface area contributed by atoms with Crippen molar-refractivity contribution in [2.75, 3.05) is 20.8 Å². The normalized spacial score (nSPS) is 40.3. The predicted octanol–water partition coefficient (Wildman–Crippen LogP) is -0.913. The molecule has 1 rings (SSSR count). The maximum atomic E-state index is 11.6. The highest BCUT2D eigenvalue weighted by atomic mass is 31.2. The first kappa shape index (κ1) is 13.2. The largest absolute Gasteiger partial charge is 0.390 e. The third kappa shape index (κ3) is 2.61. The van der Waals surface area contributed by atoms with Gasteiger partial charge in [0.05, 0.1) is 18.8 Å². The van der Waals surface area contributed by atoms with Gasteiger partial charge in [0.2, 0.25) is 0 Å². The van der Waals surface area contributed by atoms with Gasteiger partial charge in [0.25, 0.3) is 0 Å². The fourth-order valence-corrected chi connectivity index (χ4v) is 2.98. The van der Waals surface area contributed by atoms with E-state index in [2.05, 4.69) is 4.52 Å². The van der Waals surface area contributed by atoms with Crippen molar-refractivity contribution < 1.29 is 28.6 Å². The Morgan fingerprint density at radius 1 is 1.53 bits per heavy atom. The van der Waals surface area contributed by atoms with E-state index in [1.165, 1.54) is 7.11 Å². The second-order valence-corrected chi connectivity index (χ2v) is 5.41. The van der Waals surface area contributed by atoms with Gasteiger partial charge < -0.3 is 24.0 Å². The molecule has 0 aliphatic carbocycles. The maximum absolute atomic E-state index is 11.6. The molecule has 1 aliphatic heterocycles. The lowest BCUT2D eigenvalue weighted by molar-refractivity contribution is 0.0162. The first-order valence-electron chi connectivity index (χ1n) is 4.40. The number of ether oxygens (including phenoxy) is 2. The standard InChI is InChI=1S/C7H14BO6P/c1-12-3-4-6(15(10,11)13-2)5(9)7(8)14-4/h4-7,9H,3H2,1-2H3,(H,10,11). The predicted molar refractivity (Wildman–Crippen MR) is 52.9 cm³/mol. The van der Waals surface area contributed by atoms with Crippen LogP contribution in [-0.2, 0) is 18.6 Å². The van der Waals surface area contributed by atoms with E-state index >= 15 is 0 Å². The molecule has 1 aliphatic rings. The summed E-state index contributed by atoms with van der Waals surface area (Å²) >= 11 is 0. The average Bonchev–Trinajstić information content (AvgIpc) is 2.44. The van der Waals surface area contributed by atoms with Crippen molar-refractivity contribution in [1.29, 1.82) is 0 Å². The molecule has 1 heterocycles. The van der Waals surface area contributed by atoms with Crippen LogP contribution < -0.4 is 0 Å². The van der Waals surface area contributed by atoms with E-state index in [1.807, 2.05) is 0 Å². The highest BCUT2D eigenvalue weighted by Crippen LogP contribution is 2.53. The SMILES string of the molecule is [B]C1OC(COC)C(P(=O)(O)OC)C1O. The van der Waals surface area contributed by atoms with E-state index in [-0.39, 0.29) is 6.61 Å². The van der Waals surface area contributed by atoms with Gasteiger partial charge in [-0.1, -0.05) is 0 Å². The number of methoxy groups -OCH3 is 1. The fourth-order valence-electron chi connectivity index (χ4n) is 1.60. The molecule has 5 atom stereocenters. The smallest absolute Gasteiger partial charge is 0.336 e. The number of hydrogen-bond acceptors (Lipinski definition) is 5. The van der Waals surface area contributed by atoms with Crippen molar-refractivity contribution in [3.63, 3.8) is 0 Å². The molecule has 86 valence electrons. The summed E-state index contributed by atoms with van der Waals surface area (Å²) in [7, 11) is 4.01. The number of aliphatic hydroxyl groups excluding tert-OH is 1. The third-order valence-corrected chi connectivity index (χ3v) is 4.28. The summed E-state index contributed by atoms with van der Waals surface area (Å²) < 4.78 is 26.0. The zero-order chi connectivity index (χ0) is 11.6. The highest BCUT2D eigenvalue weighted by molar-refractivity contribution is 7.53. The molecular formula is C7H14BO6P. The summed E-state index contributed by atoms with van der Waals surface area (Å²) in [4.78, 5) is 9.49. The van der Waals surface area contributed by atoms with Crippen LogP contribution in [0.3, 0.4) is 0 Å². The van der Waals surface area contributed by atoms with Gasteiger partial charge in [0.1, 0.15) is 13.5 Å². The zero-order valence-electron chi connectivity index (χ0n) is 8.57. The van der Waals surface area contributed by atoms with Crippen LogP contribution in [0.4, 0.5) is 0 Å². The quantitative estimate of drug-likeness (QED) is 0.485. The zero-order valence-corrected chi connectivity index (χ0v) is 9.46. The lowest BCUT2D eigenvalue weighted by atomic mass is 9.94. The van der Waals surface area contributed by atoms with Crippen LogP contribution in [0.2, 0.25) is 0 Å². The topological polar surface area (TPSA) is 85.2 Å². The van der Waals surface area contributed by atoms with Crippen LogP contribution in [-0.4, -0.2) is 62.5 Å². The summed E-state index contributed by atoms with van der Waals surface area (Å²) in [5.41, 5.74) is -1.07. The minimum atomic E-state index is -3.94. The summed E-state index contributed by atoms with van der Waals surface area (Å²) in [6.07, 6.45) is -1.98. The van der Waals surface area contributed by atoms with Crippen LogP contribution in [0, 0.1) is 0 Å². The van der Waals surface area contributed by atoms with Crippen molar-refractivity contribution in [2.24, 2.45) is 0 Å². The molecule has 0 spiro atoms. The number of aliphatic hydroxyl groups is 1. The van der Waals surface area contributed by atoms with Gasteiger partial charge >= 0.3 is 7.60 Å². The molecular weight excluding hydrogens is 222 g/mol. The van der Waals surface area contributed by atoms with E-state index in [0.29, 0.717) is 0 Å². The lowest BCUT2D eigenvalue weighted by Crippen LogP contribution is -2.35. The minimum absolute atomic E-state index is 0.0728. The van der Waals surface area contributed by atoms with E-state index in [0.717, 1.165) is 7.11 Å². The van der Waals surface area contributed by atoms with Gasteiger partial charge in [-0.15, -0.1) is 0 Å². The maximum Gasteiger partial charge on any atom is 0.336 e. The summed E-state index contributed by atoms with van der Waals surface area (Å²) in [6.45, 7) is 0.0728. The molecule has 6 nitrogen and oxygen atoms in total. The summed E-state index contributed by atoms with van der Waals surface area (Å²) in [5.74, 6) is 0. The molecule has 0 aromatic rings. The van der Waals surface area contributed by atoms with Crippen LogP contribution in [0.5, 0.6) is 0 Å². The number of hydrogen-bond donors (Lipinski definition) is 2. The first-order chi connectivity index (χ1) is 6.94. The van der Waals surface area contributed by atoms with Crippen LogP contribution in [0.1, 0.15) is 0 Å².